The van der Waals surface area contributed by atoms with Gasteiger partial charge in [0.05, 0.1) is 0 Å². The molecule has 0 radical (unpaired) electrons. The highest BCUT2D eigenvalue weighted by molar-refractivity contribution is 5.94. The van der Waals surface area contributed by atoms with Crippen LogP contribution < -0.4 is 0 Å². The fourth-order valence-corrected chi connectivity index (χ4v) is 2.08. The first-order valence-corrected chi connectivity index (χ1v) is 5.76. The Kier molecular flexibility index (Phi) is 5.16. The largest absolute Gasteiger partial charge is 0.396 e. The van der Waals surface area contributed by atoms with Gasteiger partial charge in [0, 0.05) is 25.3 Å². The molecule has 94 valence electrons. The third-order valence-corrected chi connectivity index (χ3v) is 3.18. The van der Waals surface area contributed by atoms with Crippen LogP contribution in [0.5, 0.6) is 0 Å². The summed E-state index contributed by atoms with van der Waals surface area (Å²) in [4.78, 5) is 13.9. The molecule has 1 aliphatic rings. The summed E-state index contributed by atoms with van der Waals surface area (Å²) in [5.74, 6) is 0.483. The highest BCUT2D eigenvalue weighted by atomic mass is 16.3. The van der Waals surface area contributed by atoms with Gasteiger partial charge in [-0.1, -0.05) is 25.6 Å². The van der Waals surface area contributed by atoms with Crippen molar-refractivity contribution < 1.29 is 9.90 Å². The van der Waals surface area contributed by atoms with Gasteiger partial charge in [-0.15, -0.1) is 0 Å². The molecule has 0 atom stereocenters. The molecule has 1 aliphatic heterocycles. The van der Waals surface area contributed by atoms with Gasteiger partial charge in [0.25, 0.3) is 5.91 Å². The van der Waals surface area contributed by atoms with Crippen molar-refractivity contribution in [3.63, 3.8) is 0 Å². The van der Waals surface area contributed by atoms with Crippen molar-refractivity contribution in [1.29, 1.82) is 0 Å². The van der Waals surface area contributed by atoms with Gasteiger partial charge in [-0.05, 0) is 30.9 Å². The number of rotatable bonds is 2. The second kappa shape index (κ2) is 6.40. The van der Waals surface area contributed by atoms with Crippen LogP contribution in [-0.2, 0) is 0 Å². The summed E-state index contributed by atoms with van der Waals surface area (Å²) >= 11 is 0. The lowest BCUT2D eigenvalue weighted by atomic mass is 9.97. The van der Waals surface area contributed by atoms with Crippen LogP contribution >= 0.6 is 0 Å². The van der Waals surface area contributed by atoms with Crippen LogP contribution in [0, 0.1) is 5.92 Å². The molecule has 1 N–H and O–H groups in total. The minimum absolute atomic E-state index is 0. The van der Waals surface area contributed by atoms with Crippen LogP contribution in [0.15, 0.2) is 30.3 Å². The number of hydrogen-bond donors (Lipinski definition) is 1. The van der Waals surface area contributed by atoms with E-state index in [4.69, 9.17) is 5.11 Å². The molecule has 3 heteroatoms. The molecule has 0 unspecified atom stereocenters. The molecule has 0 saturated carbocycles. The first-order valence-electron chi connectivity index (χ1n) is 5.76. The van der Waals surface area contributed by atoms with Crippen LogP contribution in [0.2, 0.25) is 0 Å². The number of piperidine rings is 1. The normalized spacial score (nSPS) is 16.4. The average molecular weight is 235 g/mol. The lowest BCUT2D eigenvalue weighted by Gasteiger charge is -2.31. The van der Waals surface area contributed by atoms with Gasteiger partial charge in [-0.2, -0.15) is 0 Å². The number of aliphatic hydroxyl groups excluding tert-OH is 1. The van der Waals surface area contributed by atoms with Gasteiger partial charge in [0.2, 0.25) is 0 Å². The van der Waals surface area contributed by atoms with E-state index in [1.165, 1.54) is 0 Å². The first-order chi connectivity index (χ1) is 7.81. The summed E-state index contributed by atoms with van der Waals surface area (Å²) < 4.78 is 0. The van der Waals surface area contributed by atoms with Gasteiger partial charge >= 0.3 is 0 Å². The predicted molar refractivity (Wildman–Crippen MR) is 68.9 cm³/mol. The summed E-state index contributed by atoms with van der Waals surface area (Å²) in [6, 6.07) is 9.37. The highest BCUT2D eigenvalue weighted by Gasteiger charge is 2.22. The summed E-state index contributed by atoms with van der Waals surface area (Å²) in [5, 5.41) is 9.03. The van der Waals surface area contributed by atoms with E-state index in [9.17, 15) is 4.79 Å². The summed E-state index contributed by atoms with van der Waals surface area (Å²) in [6.45, 7) is 1.77. The maximum absolute atomic E-state index is 12.1. The van der Waals surface area contributed by atoms with E-state index in [0.29, 0.717) is 5.92 Å². The molecular formula is C14H21NO2. The lowest BCUT2D eigenvalue weighted by molar-refractivity contribution is 0.0651. The fraction of sp³-hybridized carbons (Fsp3) is 0.500. The van der Waals surface area contributed by atoms with E-state index < -0.39 is 0 Å². The number of benzene rings is 1. The molecule has 1 saturated heterocycles. The van der Waals surface area contributed by atoms with E-state index in [1.807, 2.05) is 35.2 Å². The molecule has 17 heavy (non-hydrogen) atoms. The molecule has 3 nitrogen and oxygen atoms in total. The van der Waals surface area contributed by atoms with Gasteiger partial charge in [-0.3, -0.25) is 4.79 Å². The van der Waals surface area contributed by atoms with Gasteiger partial charge < -0.3 is 10.0 Å². The van der Waals surface area contributed by atoms with Crippen molar-refractivity contribution in [3.8, 4) is 0 Å². The van der Waals surface area contributed by atoms with Crippen LogP contribution in [0.4, 0.5) is 0 Å². The zero-order chi connectivity index (χ0) is 11.4. The number of carbonyl (C=O) groups is 1. The summed E-state index contributed by atoms with van der Waals surface area (Å²) in [6.07, 6.45) is 1.82. The lowest BCUT2D eigenvalue weighted by Crippen LogP contribution is -2.39. The molecule has 0 aromatic heterocycles. The second-order valence-corrected chi connectivity index (χ2v) is 4.28. The van der Waals surface area contributed by atoms with Gasteiger partial charge in [0.15, 0.2) is 0 Å². The van der Waals surface area contributed by atoms with Crippen molar-refractivity contribution in [2.75, 3.05) is 19.7 Å². The van der Waals surface area contributed by atoms with Crippen LogP contribution in [0.3, 0.4) is 0 Å². The van der Waals surface area contributed by atoms with Crippen LogP contribution in [-0.4, -0.2) is 35.6 Å². The molecule has 0 spiro atoms. The second-order valence-electron chi connectivity index (χ2n) is 4.28. The number of hydrogen-bond acceptors (Lipinski definition) is 2. The number of aliphatic hydroxyl groups is 1. The molecule has 1 aromatic rings. The number of amides is 1. The van der Waals surface area contributed by atoms with Gasteiger partial charge in [0.1, 0.15) is 0 Å². The quantitative estimate of drug-likeness (QED) is 0.853. The van der Waals surface area contributed by atoms with Crippen molar-refractivity contribution in [1.82, 2.24) is 4.90 Å². The van der Waals surface area contributed by atoms with Gasteiger partial charge in [-0.25, -0.2) is 0 Å². The minimum atomic E-state index is 0. The van der Waals surface area contributed by atoms with Crippen molar-refractivity contribution in [2.45, 2.75) is 20.3 Å². The first kappa shape index (κ1) is 13.7. The van der Waals surface area contributed by atoms with E-state index in [0.717, 1.165) is 31.5 Å². The Morgan fingerprint density at radius 2 is 1.82 bits per heavy atom. The third-order valence-electron chi connectivity index (χ3n) is 3.18. The average Bonchev–Trinajstić information content (AvgIpc) is 2.39. The maximum atomic E-state index is 12.1. The number of carbonyl (C=O) groups excluding carboxylic acids is 1. The maximum Gasteiger partial charge on any atom is 0.253 e. The Hall–Kier alpha value is -1.35. The fourth-order valence-electron chi connectivity index (χ4n) is 2.08. The number of nitrogens with zero attached hydrogens (tertiary/aromatic N) is 1. The Bertz CT molecular complexity index is 342. The Morgan fingerprint density at radius 1 is 1.24 bits per heavy atom. The molecule has 1 amide bonds. The van der Waals surface area contributed by atoms with E-state index in [1.54, 1.807) is 0 Å². The zero-order valence-electron chi connectivity index (χ0n) is 9.30. The Morgan fingerprint density at radius 3 is 2.35 bits per heavy atom. The van der Waals surface area contributed by atoms with Crippen LogP contribution in [0.25, 0.3) is 0 Å². The van der Waals surface area contributed by atoms with E-state index in [2.05, 4.69) is 0 Å². The molecular weight excluding hydrogens is 214 g/mol. The van der Waals surface area contributed by atoms with Crippen molar-refractivity contribution in [2.24, 2.45) is 5.92 Å². The van der Waals surface area contributed by atoms with E-state index in [-0.39, 0.29) is 19.9 Å². The monoisotopic (exact) mass is 235 g/mol. The smallest absolute Gasteiger partial charge is 0.253 e. The molecule has 1 fully saturated rings. The molecule has 1 heterocycles. The molecule has 2 rings (SSSR count). The molecule has 0 bridgehead atoms. The van der Waals surface area contributed by atoms with Crippen LogP contribution in [0.1, 0.15) is 30.6 Å². The van der Waals surface area contributed by atoms with Crippen molar-refractivity contribution in [3.05, 3.63) is 35.9 Å². The summed E-state index contributed by atoms with van der Waals surface area (Å²) in [5.41, 5.74) is 0.755. The number of likely N-dealkylation sites (tertiary alicyclic amines) is 1. The highest BCUT2D eigenvalue weighted by Crippen LogP contribution is 2.18. The standard InChI is InChI=1S/C13H17NO2.CH4/c15-10-11-6-8-14(9-7-11)13(16)12-4-2-1-3-5-12;/h1-5,11,15H,6-10H2;1H4. The molecule has 0 aliphatic carbocycles. The third kappa shape index (κ3) is 3.30. The Labute approximate surface area is 103 Å². The Balaban J connectivity index is 0.00000144. The topological polar surface area (TPSA) is 40.5 Å². The predicted octanol–water partition coefficient (Wildman–Crippen LogP) is 2.17. The van der Waals surface area contributed by atoms with E-state index >= 15 is 0 Å². The summed E-state index contributed by atoms with van der Waals surface area (Å²) in [7, 11) is 0. The molecule has 1 aromatic carbocycles. The SMILES string of the molecule is C.O=C(c1ccccc1)N1CCC(CO)CC1. The van der Waals surface area contributed by atoms with Crippen molar-refractivity contribution >= 4 is 5.91 Å². The zero-order valence-corrected chi connectivity index (χ0v) is 9.30. The minimum Gasteiger partial charge on any atom is -0.396 e.